The molecule has 0 radical (unpaired) electrons. The highest BCUT2D eigenvalue weighted by Gasteiger charge is 2.26. The molecule has 0 aliphatic heterocycles. The Kier molecular flexibility index (Phi) is 46.1. The van der Waals surface area contributed by atoms with Crippen LogP contribution in [0.3, 0.4) is 0 Å². The van der Waals surface area contributed by atoms with Gasteiger partial charge in [0.1, 0.15) is 12.2 Å². The standard InChI is InChI=1S/C50H95O9P/c1-3-5-7-9-11-13-15-17-19-21-22-23-24-25-26-27-28-30-32-34-36-38-40-42-50(53)59-49(47-58-60(54,55)57-45-48(52)44-51)46-56-43-41-39-37-35-33-31-29-20-18-16-14-12-10-8-6-4-2/h15,17,21-22,24-25,48-49,51-52H,3-14,16,18-20,23,26-47H2,1-2H3,(H,54,55)/b17-15-,22-21-,25-24-. The molecule has 0 fully saturated rings. The van der Waals surface area contributed by atoms with Crippen molar-refractivity contribution in [3.05, 3.63) is 36.5 Å². The fraction of sp³-hybridized carbons (Fsp3) is 0.860. The van der Waals surface area contributed by atoms with Gasteiger partial charge in [0.2, 0.25) is 0 Å². The molecule has 3 unspecified atom stereocenters. The summed E-state index contributed by atoms with van der Waals surface area (Å²) in [5.74, 6) is -0.386. The molecule has 10 heteroatoms. The molecule has 0 aromatic heterocycles. The van der Waals surface area contributed by atoms with Crippen LogP contribution in [-0.2, 0) is 27.9 Å². The number of phosphoric acid groups is 1. The van der Waals surface area contributed by atoms with Crippen LogP contribution in [-0.4, -0.2) is 66.3 Å². The summed E-state index contributed by atoms with van der Waals surface area (Å²) in [6.07, 6.45) is 52.5. The van der Waals surface area contributed by atoms with Crippen molar-refractivity contribution >= 4 is 13.8 Å². The van der Waals surface area contributed by atoms with Crippen molar-refractivity contribution in [3.8, 4) is 0 Å². The van der Waals surface area contributed by atoms with Crippen LogP contribution in [0.15, 0.2) is 36.5 Å². The van der Waals surface area contributed by atoms with Gasteiger partial charge in [-0.2, -0.15) is 0 Å². The second-order valence-corrected chi connectivity index (χ2v) is 18.3. The first-order chi connectivity index (χ1) is 29.3. The Bertz CT molecular complexity index is 1030. The van der Waals surface area contributed by atoms with Gasteiger partial charge in [0.15, 0.2) is 0 Å². The summed E-state index contributed by atoms with van der Waals surface area (Å²) >= 11 is 0. The van der Waals surface area contributed by atoms with Gasteiger partial charge in [0.05, 0.1) is 26.4 Å². The van der Waals surface area contributed by atoms with Crippen molar-refractivity contribution < 1.29 is 43.0 Å². The molecule has 3 N–H and O–H groups in total. The molecule has 0 heterocycles. The highest BCUT2D eigenvalue weighted by atomic mass is 31.2. The molecule has 0 aliphatic carbocycles. The number of ether oxygens (including phenoxy) is 2. The Balaban J connectivity index is 4.09. The van der Waals surface area contributed by atoms with Crippen LogP contribution in [0.4, 0.5) is 0 Å². The average molecular weight is 871 g/mol. The molecule has 0 aromatic carbocycles. The van der Waals surface area contributed by atoms with Gasteiger partial charge in [-0.05, 0) is 51.4 Å². The molecule has 3 atom stereocenters. The maximum atomic E-state index is 12.7. The second-order valence-electron chi connectivity index (χ2n) is 16.8. The van der Waals surface area contributed by atoms with Crippen LogP contribution in [0.5, 0.6) is 0 Å². The number of carbonyl (C=O) groups excluding carboxylic acids is 1. The molecular formula is C50H95O9P. The average Bonchev–Trinajstić information content (AvgIpc) is 3.24. The van der Waals surface area contributed by atoms with E-state index in [1.807, 2.05) is 0 Å². The van der Waals surface area contributed by atoms with E-state index in [9.17, 15) is 19.4 Å². The largest absolute Gasteiger partial charge is 0.472 e. The number of unbranched alkanes of at least 4 members (excludes halogenated alkanes) is 28. The third-order valence-electron chi connectivity index (χ3n) is 10.8. The summed E-state index contributed by atoms with van der Waals surface area (Å²) in [5.41, 5.74) is 0. The van der Waals surface area contributed by atoms with Gasteiger partial charge < -0.3 is 24.6 Å². The Hall–Kier alpha value is -1.32. The van der Waals surface area contributed by atoms with Crippen molar-refractivity contribution in [2.45, 2.75) is 244 Å². The summed E-state index contributed by atoms with van der Waals surface area (Å²) in [4.78, 5) is 22.7. The number of aliphatic hydroxyl groups is 2. The molecule has 0 aromatic rings. The van der Waals surface area contributed by atoms with Gasteiger partial charge in [-0.1, -0.05) is 211 Å². The summed E-state index contributed by atoms with van der Waals surface area (Å²) in [6.45, 7) is 3.54. The number of aliphatic hydroxyl groups excluding tert-OH is 2. The van der Waals surface area contributed by atoms with E-state index in [4.69, 9.17) is 23.6 Å². The van der Waals surface area contributed by atoms with Crippen LogP contribution in [0, 0.1) is 0 Å². The highest BCUT2D eigenvalue weighted by molar-refractivity contribution is 7.47. The summed E-state index contributed by atoms with van der Waals surface area (Å²) in [6, 6.07) is 0. The first-order valence-corrected chi connectivity index (χ1v) is 26.5. The van der Waals surface area contributed by atoms with E-state index in [0.29, 0.717) is 6.61 Å². The minimum atomic E-state index is -4.52. The van der Waals surface area contributed by atoms with E-state index in [2.05, 4.69) is 50.3 Å². The first kappa shape index (κ1) is 58.7. The monoisotopic (exact) mass is 871 g/mol. The van der Waals surface area contributed by atoms with Crippen LogP contribution in [0.1, 0.15) is 232 Å². The molecule has 9 nitrogen and oxygen atoms in total. The number of esters is 1. The van der Waals surface area contributed by atoms with E-state index in [-0.39, 0.29) is 25.6 Å². The molecule has 0 aliphatic rings. The molecule has 0 saturated carbocycles. The van der Waals surface area contributed by atoms with Gasteiger partial charge in [-0.3, -0.25) is 13.8 Å². The number of hydrogen-bond donors (Lipinski definition) is 3. The molecule has 0 amide bonds. The van der Waals surface area contributed by atoms with Crippen molar-refractivity contribution in [1.82, 2.24) is 0 Å². The van der Waals surface area contributed by atoms with Crippen LogP contribution < -0.4 is 0 Å². The van der Waals surface area contributed by atoms with Gasteiger partial charge in [0, 0.05) is 13.0 Å². The van der Waals surface area contributed by atoms with E-state index in [0.717, 1.165) is 57.8 Å². The lowest BCUT2D eigenvalue weighted by atomic mass is 10.0. The fourth-order valence-electron chi connectivity index (χ4n) is 7.01. The SMILES string of the molecule is CCCCCCC/C=C\C/C=C\C/C=C\CCCCCCCCCCC(=O)OC(COCCCCCCCCCCCCCCCCCC)COP(=O)(O)OCC(O)CO. The number of hydrogen-bond acceptors (Lipinski definition) is 8. The Labute approximate surface area is 369 Å². The minimum Gasteiger partial charge on any atom is -0.457 e. The number of phosphoric ester groups is 1. The third-order valence-corrected chi connectivity index (χ3v) is 11.8. The lowest BCUT2D eigenvalue weighted by Gasteiger charge is -2.20. The summed E-state index contributed by atoms with van der Waals surface area (Å²) in [5, 5.41) is 18.4. The Morgan fingerprint density at radius 2 is 0.900 bits per heavy atom. The van der Waals surface area contributed by atoms with Crippen LogP contribution in [0.25, 0.3) is 0 Å². The Morgan fingerprint density at radius 3 is 1.35 bits per heavy atom. The van der Waals surface area contributed by atoms with Gasteiger partial charge in [-0.25, -0.2) is 4.57 Å². The van der Waals surface area contributed by atoms with Crippen molar-refractivity contribution in [2.24, 2.45) is 0 Å². The molecule has 60 heavy (non-hydrogen) atoms. The quantitative estimate of drug-likeness (QED) is 0.0237. The predicted octanol–water partition coefficient (Wildman–Crippen LogP) is 14.4. The zero-order valence-corrected chi connectivity index (χ0v) is 39.8. The van der Waals surface area contributed by atoms with E-state index in [1.54, 1.807) is 0 Å². The van der Waals surface area contributed by atoms with Crippen molar-refractivity contribution in [3.63, 3.8) is 0 Å². The highest BCUT2D eigenvalue weighted by Crippen LogP contribution is 2.43. The van der Waals surface area contributed by atoms with E-state index in [1.165, 1.54) is 154 Å². The molecule has 0 bridgehead atoms. The first-order valence-electron chi connectivity index (χ1n) is 25.0. The van der Waals surface area contributed by atoms with E-state index >= 15 is 0 Å². The molecule has 0 spiro atoms. The lowest BCUT2D eigenvalue weighted by molar-refractivity contribution is -0.154. The predicted molar refractivity (Wildman–Crippen MR) is 251 cm³/mol. The van der Waals surface area contributed by atoms with Crippen LogP contribution >= 0.6 is 7.82 Å². The molecule has 0 rings (SSSR count). The maximum absolute atomic E-state index is 12.7. The number of allylic oxidation sites excluding steroid dienone is 6. The lowest BCUT2D eigenvalue weighted by Crippen LogP contribution is -2.29. The fourth-order valence-corrected chi connectivity index (χ4v) is 7.80. The van der Waals surface area contributed by atoms with Gasteiger partial charge in [-0.15, -0.1) is 0 Å². The smallest absolute Gasteiger partial charge is 0.457 e. The second kappa shape index (κ2) is 47.2. The minimum absolute atomic E-state index is 0.0494. The normalized spacial score (nSPS) is 14.2. The van der Waals surface area contributed by atoms with Gasteiger partial charge in [0.25, 0.3) is 0 Å². The number of rotatable bonds is 48. The Morgan fingerprint density at radius 1 is 0.517 bits per heavy atom. The summed E-state index contributed by atoms with van der Waals surface area (Å²) in [7, 11) is -4.52. The summed E-state index contributed by atoms with van der Waals surface area (Å²) < 4.78 is 33.5. The third kappa shape index (κ3) is 46.2. The van der Waals surface area contributed by atoms with Crippen molar-refractivity contribution in [1.29, 1.82) is 0 Å². The zero-order chi connectivity index (χ0) is 43.9. The van der Waals surface area contributed by atoms with Crippen molar-refractivity contribution in [2.75, 3.05) is 33.0 Å². The maximum Gasteiger partial charge on any atom is 0.472 e. The molecule has 0 saturated heterocycles. The van der Waals surface area contributed by atoms with Gasteiger partial charge >= 0.3 is 13.8 Å². The van der Waals surface area contributed by atoms with Crippen LogP contribution in [0.2, 0.25) is 0 Å². The number of carbonyl (C=O) groups is 1. The van der Waals surface area contributed by atoms with E-state index < -0.39 is 33.2 Å². The molecular weight excluding hydrogens is 776 g/mol. The molecule has 354 valence electrons. The zero-order valence-electron chi connectivity index (χ0n) is 38.9. The topological polar surface area (TPSA) is 132 Å².